The highest BCUT2D eigenvalue weighted by atomic mass is 16.6. The number of carboxylic acid groups (broad SMARTS) is 1. The molecule has 2 saturated heterocycles. The Morgan fingerprint density at radius 2 is 1.42 bits per heavy atom. The second kappa shape index (κ2) is 10.9. The highest BCUT2D eigenvalue weighted by Crippen LogP contribution is 2.22. The van der Waals surface area contributed by atoms with E-state index in [-0.39, 0.29) is 30.6 Å². The van der Waals surface area contributed by atoms with Gasteiger partial charge in [-0.1, -0.05) is 6.92 Å². The third-order valence-electron chi connectivity index (χ3n) is 5.84. The Morgan fingerprint density at radius 1 is 0.935 bits per heavy atom. The summed E-state index contributed by atoms with van der Waals surface area (Å²) in [5, 5.41) is 9.25. The average molecular weight is 440 g/mol. The van der Waals surface area contributed by atoms with E-state index in [1.54, 1.807) is 4.90 Å². The summed E-state index contributed by atoms with van der Waals surface area (Å²) in [7, 11) is 0. The standard InChI is InChI=1S/C22H37N3O6/c1-5-23(14-10-18(26)24-12-6-8-16(24)20(28)29)15-11-19(27)25-13-7-9-17(25)21(30)31-22(2,3)4/h16-17H,5-15H2,1-4H3,(H,28,29)/t16-,17-/m1/s1. The van der Waals surface area contributed by atoms with Crippen LogP contribution in [0, 0.1) is 0 Å². The number of carbonyl (C=O) groups is 4. The van der Waals surface area contributed by atoms with Crippen molar-refractivity contribution in [3.8, 4) is 0 Å². The summed E-state index contributed by atoms with van der Waals surface area (Å²) in [6, 6.07) is -1.24. The first-order valence-electron chi connectivity index (χ1n) is 11.3. The van der Waals surface area contributed by atoms with Gasteiger partial charge in [-0.25, -0.2) is 9.59 Å². The van der Waals surface area contributed by atoms with Crippen LogP contribution in [0.1, 0.15) is 66.2 Å². The summed E-state index contributed by atoms with van der Waals surface area (Å²) in [6.07, 6.45) is 3.11. The Kier molecular flexibility index (Phi) is 8.85. The van der Waals surface area contributed by atoms with Crippen molar-refractivity contribution >= 4 is 23.8 Å². The van der Waals surface area contributed by atoms with Crippen molar-refractivity contribution in [1.29, 1.82) is 0 Å². The molecule has 2 atom stereocenters. The summed E-state index contributed by atoms with van der Waals surface area (Å²) in [4.78, 5) is 54.0. The van der Waals surface area contributed by atoms with Gasteiger partial charge in [0.15, 0.2) is 0 Å². The van der Waals surface area contributed by atoms with Gasteiger partial charge in [-0.2, -0.15) is 0 Å². The first-order chi connectivity index (χ1) is 14.5. The highest BCUT2D eigenvalue weighted by Gasteiger charge is 2.37. The van der Waals surface area contributed by atoms with Gasteiger partial charge in [0.25, 0.3) is 0 Å². The summed E-state index contributed by atoms with van der Waals surface area (Å²) in [5.41, 5.74) is -0.588. The number of hydrogen-bond acceptors (Lipinski definition) is 6. The van der Waals surface area contributed by atoms with Crippen molar-refractivity contribution < 1.29 is 29.0 Å². The van der Waals surface area contributed by atoms with Crippen LogP contribution in [0.3, 0.4) is 0 Å². The molecular weight excluding hydrogens is 402 g/mol. The van der Waals surface area contributed by atoms with Crippen LogP contribution in [0.15, 0.2) is 0 Å². The van der Waals surface area contributed by atoms with Gasteiger partial charge < -0.3 is 24.5 Å². The minimum absolute atomic E-state index is 0.0800. The van der Waals surface area contributed by atoms with E-state index in [1.165, 1.54) is 4.90 Å². The van der Waals surface area contributed by atoms with Crippen LogP contribution in [0.2, 0.25) is 0 Å². The lowest BCUT2D eigenvalue weighted by molar-refractivity contribution is -0.163. The summed E-state index contributed by atoms with van der Waals surface area (Å²) in [6.45, 7) is 10.1. The molecular formula is C22H37N3O6. The van der Waals surface area contributed by atoms with E-state index in [1.807, 2.05) is 32.6 Å². The van der Waals surface area contributed by atoms with Crippen molar-refractivity contribution in [2.45, 2.75) is 83.9 Å². The van der Waals surface area contributed by atoms with E-state index < -0.39 is 23.7 Å². The quantitative estimate of drug-likeness (QED) is 0.543. The molecule has 2 aliphatic heterocycles. The van der Waals surface area contributed by atoms with Crippen molar-refractivity contribution in [1.82, 2.24) is 14.7 Å². The summed E-state index contributed by atoms with van der Waals surface area (Å²) >= 11 is 0. The Morgan fingerprint density at radius 3 is 1.87 bits per heavy atom. The average Bonchev–Trinajstić information content (AvgIpc) is 3.35. The molecule has 176 valence electrons. The molecule has 0 aliphatic carbocycles. The summed E-state index contributed by atoms with van der Waals surface area (Å²) < 4.78 is 5.46. The second-order valence-electron chi connectivity index (χ2n) is 9.30. The van der Waals surface area contributed by atoms with Gasteiger partial charge in [0.05, 0.1) is 0 Å². The van der Waals surface area contributed by atoms with Gasteiger partial charge in [-0.05, 0) is 53.0 Å². The predicted octanol–water partition coefficient (Wildman–Crippen LogP) is 1.50. The van der Waals surface area contributed by atoms with E-state index in [4.69, 9.17) is 4.74 Å². The molecule has 0 spiro atoms. The van der Waals surface area contributed by atoms with E-state index >= 15 is 0 Å². The SMILES string of the molecule is CCN(CCC(=O)N1CCC[C@@H]1C(=O)O)CCC(=O)N1CCC[C@@H]1C(=O)OC(C)(C)C. The Hall–Kier alpha value is -2.16. The molecule has 9 nitrogen and oxygen atoms in total. The van der Waals surface area contributed by atoms with Gasteiger partial charge in [-0.3, -0.25) is 9.59 Å². The zero-order valence-corrected chi connectivity index (χ0v) is 19.3. The minimum atomic E-state index is -0.950. The molecule has 0 radical (unpaired) electrons. The molecule has 2 rings (SSSR count). The molecule has 0 saturated carbocycles. The van der Waals surface area contributed by atoms with E-state index in [2.05, 4.69) is 0 Å². The Balaban J connectivity index is 1.82. The number of esters is 1. The maximum atomic E-state index is 12.8. The molecule has 2 heterocycles. The van der Waals surface area contributed by atoms with Crippen LogP contribution in [-0.2, 0) is 23.9 Å². The Labute approximate surface area is 184 Å². The highest BCUT2D eigenvalue weighted by molar-refractivity contribution is 5.85. The third-order valence-corrected chi connectivity index (χ3v) is 5.84. The van der Waals surface area contributed by atoms with Crippen molar-refractivity contribution in [3.05, 3.63) is 0 Å². The van der Waals surface area contributed by atoms with E-state index in [9.17, 15) is 24.3 Å². The fraction of sp³-hybridized carbons (Fsp3) is 0.818. The molecule has 31 heavy (non-hydrogen) atoms. The van der Waals surface area contributed by atoms with Crippen LogP contribution in [0.25, 0.3) is 0 Å². The predicted molar refractivity (Wildman–Crippen MR) is 114 cm³/mol. The number of nitrogens with zero attached hydrogens (tertiary/aromatic N) is 3. The molecule has 2 amide bonds. The van der Waals surface area contributed by atoms with Crippen LogP contribution >= 0.6 is 0 Å². The number of hydrogen-bond donors (Lipinski definition) is 1. The molecule has 2 aliphatic rings. The lowest BCUT2D eigenvalue weighted by atomic mass is 10.1. The zero-order chi connectivity index (χ0) is 23.2. The van der Waals surface area contributed by atoms with Crippen molar-refractivity contribution in [2.75, 3.05) is 32.7 Å². The normalized spacial score (nSPS) is 21.6. The van der Waals surface area contributed by atoms with Gasteiger partial charge >= 0.3 is 11.9 Å². The molecule has 1 N–H and O–H groups in total. The van der Waals surface area contributed by atoms with Crippen LogP contribution in [-0.4, -0.2) is 94.0 Å². The monoisotopic (exact) mass is 439 g/mol. The molecule has 9 heteroatoms. The van der Waals surface area contributed by atoms with Crippen LogP contribution < -0.4 is 0 Å². The Bertz CT molecular complexity index is 675. The molecule has 0 aromatic carbocycles. The smallest absolute Gasteiger partial charge is 0.329 e. The zero-order valence-electron chi connectivity index (χ0n) is 19.3. The number of ether oxygens (including phenoxy) is 1. The number of likely N-dealkylation sites (tertiary alicyclic amines) is 2. The van der Waals surface area contributed by atoms with Gasteiger partial charge in [0.1, 0.15) is 17.7 Å². The minimum Gasteiger partial charge on any atom is -0.480 e. The number of carbonyl (C=O) groups excluding carboxylic acids is 3. The van der Waals surface area contributed by atoms with Gasteiger partial charge in [0, 0.05) is 39.0 Å². The fourth-order valence-electron chi connectivity index (χ4n) is 4.22. The summed E-state index contributed by atoms with van der Waals surface area (Å²) in [5.74, 6) is -1.54. The lowest BCUT2D eigenvalue weighted by Gasteiger charge is -2.28. The van der Waals surface area contributed by atoms with Crippen molar-refractivity contribution in [2.24, 2.45) is 0 Å². The van der Waals surface area contributed by atoms with Crippen LogP contribution in [0.4, 0.5) is 0 Å². The van der Waals surface area contributed by atoms with Crippen molar-refractivity contribution in [3.63, 3.8) is 0 Å². The van der Waals surface area contributed by atoms with Gasteiger partial charge in [-0.15, -0.1) is 0 Å². The number of amides is 2. The maximum absolute atomic E-state index is 12.8. The van der Waals surface area contributed by atoms with Gasteiger partial charge in [0.2, 0.25) is 11.8 Å². The fourth-order valence-corrected chi connectivity index (χ4v) is 4.22. The number of carboxylic acids is 1. The van der Waals surface area contributed by atoms with Crippen LogP contribution in [0.5, 0.6) is 0 Å². The topological polar surface area (TPSA) is 107 Å². The number of aliphatic carboxylic acids is 1. The first-order valence-corrected chi connectivity index (χ1v) is 11.3. The molecule has 2 fully saturated rings. The lowest BCUT2D eigenvalue weighted by Crippen LogP contribution is -2.44. The maximum Gasteiger partial charge on any atom is 0.329 e. The largest absolute Gasteiger partial charge is 0.480 e. The molecule has 0 aromatic heterocycles. The number of rotatable bonds is 9. The molecule has 0 aromatic rings. The van der Waals surface area contributed by atoms with E-state index in [0.717, 1.165) is 6.42 Å². The molecule has 0 unspecified atom stereocenters. The molecule has 0 bridgehead atoms. The third kappa shape index (κ3) is 7.19. The second-order valence-corrected chi connectivity index (χ2v) is 9.30. The first kappa shape index (κ1) is 25.1. The van der Waals surface area contributed by atoms with E-state index in [0.29, 0.717) is 52.0 Å².